The second-order valence-corrected chi connectivity index (χ2v) is 4.95. The molecule has 0 atom stereocenters. The highest BCUT2D eigenvalue weighted by Crippen LogP contribution is 2.06. The number of ether oxygens (including phenoxy) is 1. The Hall–Kier alpha value is -0.970. The Morgan fingerprint density at radius 3 is 2.35 bits per heavy atom. The second-order valence-electron chi connectivity index (χ2n) is 4.57. The molecule has 0 unspecified atom stereocenters. The van der Waals surface area contributed by atoms with E-state index in [1.807, 2.05) is 0 Å². The predicted octanol–water partition coefficient (Wildman–Crippen LogP) is 1.65. The van der Waals surface area contributed by atoms with Crippen LogP contribution in [0.2, 0.25) is 0 Å². The molecule has 2 N–H and O–H groups in total. The molecule has 0 rings (SSSR count). The van der Waals surface area contributed by atoms with Crippen LogP contribution in [0.15, 0.2) is 0 Å². The van der Waals surface area contributed by atoms with Crippen molar-refractivity contribution in [1.29, 1.82) is 0 Å². The first-order valence-corrected chi connectivity index (χ1v) is 6.18. The lowest BCUT2D eigenvalue weighted by Gasteiger charge is -2.19. The van der Waals surface area contributed by atoms with Gasteiger partial charge in [-0.1, -0.05) is 0 Å². The summed E-state index contributed by atoms with van der Waals surface area (Å²) >= 11 is 5.47. The topological polar surface area (TPSA) is 67.4 Å². The maximum atomic E-state index is 11.2. The van der Waals surface area contributed by atoms with Crippen LogP contribution in [-0.4, -0.2) is 36.6 Å². The zero-order chi connectivity index (χ0) is 13.3. The molecule has 0 saturated heterocycles. The van der Waals surface area contributed by atoms with Crippen LogP contribution >= 0.6 is 11.6 Å². The number of amides is 2. The number of alkyl carbamates (subject to hydrolysis) is 1. The molecule has 0 aliphatic rings. The number of nitrogens with one attached hydrogen (secondary N) is 2. The molecule has 0 fully saturated rings. The monoisotopic (exact) mass is 264 g/mol. The van der Waals surface area contributed by atoms with E-state index in [0.717, 1.165) is 6.42 Å². The van der Waals surface area contributed by atoms with Gasteiger partial charge >= 0.3 is 6.09 Å². The minimum Gasteiger partial charge on any atom is -0.444 e. The molecule has 0 aromatic rings. The van der Waals surface area contributed by atoms with Crippen molar-refractivity contribution in [3.63, 3.8) is 0 Å². The summed E-state index contributed by atoms with van der Waals surface area (Å²) in [5.74, 6) is 0.419. The molecule has 0 aliphatic heterocycles. The number of carbonyl (C=O) groups excluding carboxylic acids is 2. The zero-order valence-electron chi connectivity index (χ0n) is 10.6. The fraction of sp³-hybridized carbons (Fsp3) is 0.818. The van der Waals surface area contributed by atoms with Crippen molar-refractivity contribution in [1.82, 2.24) is 10.6 Å². The first kappa shape index (κ1) is 16.0. The van der Waals surface area contributed by atoms with Gasteiger partial charge in [-0.3, -0.25) is 4.79 Å². The third-order valence-electron chi connectivity index (χ3n) is 1.65. The number of rotatable bonds is 6. The summed E-state index contributed by atoms with van der Waals surface area (Å²) < 4.78 is 5.02. The molecule has 0 aliphatic carbocycles. The van der Waals surface area contributed by atoms with E-state index in [-0.39, 0.29) is 18.9 Å². The summed E-state index contributed by atoms with van der Waals surface area (Å²) in [6.45, 7) is 6.18. The van der Waals surface area contributed by atoms with Crippen molar-refractivity contribution in [2.24, 2.45) is 0 Å². The van der Waals surface area contributed by atoms with E-state index in [9.17, 15) is 9.59 Å². The molecule has 2 amide bonds. The Morgan fingerprint density at radius 1 is 1.18 bits per heavy atom. The minimum atomic E-state index is -0.521. The van der Waals surface area contributed by atoms with E-state index in [1.165, 1.54) is 0 Å². The summed E-state index contributed by atoms with van der Waals surface area (Å²) in [4.78, 5) is 22.5. The number of carbonyl (C=O) groups is 2. The zero-order valence-corrected chi connectivity index (χ0v) is 11.4. The molecule has 0 spiro atoms. The normalized spacial score (nSPS) is 10.8. The number of halogens is 1. The van der Waals surface area contributed by atoms with E-state index < -0.39 is 11.7 Å². The SMILES string of the molecule is CC(C)(C)OC(=O)NCCC(=O)NCCCCl. The highest BCUT2D eigenvalue weighted by molar-refractivity contribution is 6.17. The number of hydrogen-bond donors (Lipinski definition) is 2. The van der Waals surface area contributed by atoms with Crippen LogP contribution in [0.5, 0.6) is 0 Å². The fourth-order valence-electron chi connectivity index (χ4n) is 0.975. The van der Waals surface area contributed by atoms with Gasteiger partial charge in [0.2, 0.25) is 5.91 Å². The van der Waals surface area contributed by atoms with Gasteiger partial charge in [0.05, 0.1) is 0 Å². The molecule has 0 aromatic carbocycles. The number of hydrogen-bond acceptors (Lipinski definition) is 3. The Morgan fingerprint density at radius 2 is 1.82 bits per heavy atom. The maximum Gasteiger partial charge on any atom is 0.407 e. The smallest absolute Gasteiger partial charge is 0.407 e. The second kappa shape index (κ2) is 8.17. The Balaban J connectivity index is 3.56. The highest BCUT2D eigenvalue weighted by Gasteiger charge is 2.15. The van der Waals surface area contributed by atoms with Crippen LogP contribution in [0, 0.1) is 0 Å². The molecule has 0 heterocycles. The van der Waals surface area contributed by atoms with E-state index in [1.54, 1.807) is 20.8 Å². The Labute approximate surface area is 107 Å². The molecule has 17 heavy (non-hydrogen) atoms. The first-order chi connectivity index (χ1) is 7.85. The van der Waals surface area contributed by atoms with Gasteiger partial charge < -0.3 is 15.4 Å². The molecule has 0 radical (unpaired) electrons. The molecule has 100 valence electrons. The van der Waals surface area contributed by atoms with Crippen LogP contribution in [0.3, 0.4) is 0 Å². The molecule has 0 saturated carbocycles. The Bertz CT molecular complexity index is 252. The molecular formula is C11H21ClN2O3. The van der Waals surface area contributed by atoms with Gasteiger partial charge in [-0.25, -0.2) is 4.79 Å². The molecule has 0 aromatic heterocycles. The Kier molecular flexibility index (Phi) is 7.70. The van der Waals surface area contributed by atoms with Crippen molar-refractivity contribution in [3.8, 4) is 0 Å². The summed E-state index contributed by atoms with van der Waals surface area (Å²) in [6.07, 6.45) is 0.472. The lowest BCUT2D eigenvalue weighted by Crippen LogP contribution is -2.35. The van der Waals surface area contributed by atoms with Crippen LogP contribution in [-0.2, 0) is 9.53 Å². The van der Waals surface area contributed by atoms with Crippen LogP contribution in [0.1, 0.15) is 33.6 Å². The summed E-state index contributed by atoms with van der Waals surface area (Å²) in [5.41, 5.74) is -0.521. The van der Waals surface area contributed by atoms with Crippen molar-refractivity contribution in [3.05, 3.63) is 0 Å². The average molecular weight is 265 g/mol. The lowest BCUT2D eigenvalue weighted by molar-refractivity contribution is -0.120. The van der Waals surface area contributed by atoms with E-state index in [0.29, 0.717) is 12.4 Å². The molecule has 5 nitrogen and oxygen atoms in total. The van der Waals surface area contributed by atoms with Crippen molar-refractivity contribution in [2.75, 3.05) is 19.0 Å². The molecule has 0 bridgehead atoms. The average Bonchev–Trinajstić information content (AvgIpc) is 2.15. The summed E-state index contributed by atoms with van der Waals surface area (Å²) in [7, 11) is 0. The van der Waals surface area contributed by atoms with Crippen molar-refractivity contribution >= 4 is 23.6 Å². The van der Waals surface area contributed by atoms with Crippen LogP contribution in [0.25, 0.3) is 0 Å². The third kappa shape index (κ3) is 11.3. The van der Waals surface area contributed by atoms with Gasteiger partial charge in [0.1, 0.15) is 5.60 Å². The largest absolute Gasteiger partial charge is 0.444 e. The van der Waals surface area contributed by atoms with Gasteiger partial charge in [-0.2, -0.15) is 0 Å². The van der Waals surface area contributed by atoms with Crippen LogP contribution in [0.4, 0.5) is 4.79 Å². The van der Waals surface area contributed by atoms with Gasteiger partial charge in [-0.05, 0) is 27.2 Å². The summed E-state index contributed by atoms with van der Waals surface area (Å²) in [6, 6.07) is 0. The predicted molar refractivity (Wildman–Crippen MR) is 67.2 cm³/mol. The maximum absolute atomic E-state index is 11.2. The first-order valence-electron chi connectivity index (χ1n) is 5.64. The van der Waals surface area contributed by atoms with Gasteiger partial charge in [-0.15, -0.1) is 11.6 Å². The minimum absolute atomic E-state index is 0.105. The standard InChI is InChI=1S/C11H21ClN2O3/c1-11(2,3)17-10(16)14-8-5-9(15)13-7-4-6-12/h4-8H2,1-3H3,(H,13,15)(H,14,16). The van der Waals surface area contributed by atoms with Crippen molar-refractivity contribution < 1.29 is 14.3 Å². The van der Waals surface area contributed by atoms with E-state index >= 15 is 0 Å². The van der Waals surface area contributed by atoms with Gasteiger partial charge in [0.25, 0.3) is 0 Å². The van der Waals surface area contributed by atoms with E-state index in [2.05, 4.69) is 10.6 Å². The number of alkyl halides is 1. The quantitative estimate of drug-likeness (QED) is 0.566. The summed E-state index contributed by atoms with van der Waals surface area (Å²) in [5, 5.41) is 5.20. The van der Waals surface area contributed by atoms with Crippen LogP contribution < -0.4 is 10.6 Å². The third-order valence-corrected chi connectivity index (χ3v) is 1.92. The fourth-order valence-corrected chi connectivity index (χ4v) is 1.11. The lowest BCUT2D eigenvalue weighted by atomic mass is 10.2. The molecule has 6 heteroatoms. The van der Waals surface area contributed by atoms with Gasteiger partial charge in [0, 0.05) is 25.4 Å². The van der Waals surface area contributed by atoms with E-state index in [4.69, 9.17) is 16.3 Å². The van der Waals surface area contributed by atoms with Crippen molar-refractivity contribution in [2.45, 2.75) is 39.2 Å². The van der Waals surface area contributed by atoms with Gasteiger partial charge in [0.15, 0.2) is 0 Å². The molecular weight excluding hydrogens is 244 g/mol. The highest BCUT2D eigenvalue weighted by atomic mass is 35.5.